The smallest absolute Gasteiger partial charge is 0.209 e. The zero-order valence-corrected chi connectivity index (χ0v) is 9.75. The van der Waals surface area contributed by atoms with Crippen LogP contribution >= 0.6 is 27.5 Å². The highest BCUT2D eigenvalue weighted by molar-refractivity contribution is 9.10. The van der Waals surface area contributed by atoms with Crippen molar-refractivity contribution < 1.29 is 0 Å². The molecule has 2 heterocycles. The molecule has 0 N–H and O–H groups in total. The molecule has 0 aromatic carbocycles. The molecule has 0 atom stereocenters. The quantitative estimate of drug-likeness (QED) is 0.860. The predicted octanol–water partition coefficient (Wildman–Crippen LogP) is 2.48. The number of aryl methyl sites for hydroxylation is 2. The minimum Gasteiger partial charge on any atom is -0.265 e. The van der Waals surface area contributed by atoms with Crippen LogP contribution in [0.2, 0.25) is 0 Å². The van der Waals surface area contributed by atoms with Gasteiger partial charge < -0.3 is 0 Å². The van der Waals surface area contributed by atoms with E-state index in [1.165, 1.54) is 17.1 Å². The summed E-state index contributed by atoms with van der Waals surface area (Å²) in [5.41, 5.74) is 1.28. The fourth-order valence-electron chi connectivity index (χ4n) is 1.14. The van der Waals surface area contributed by atoms with Gasteiger partial charge in [0.15, 0.2) is 0 Å². The fraction of sp³-hybridized carbons (Fsp3) is 0.222. The zero-order chi connectivity index (χ0) is 9.80. The first-order chi connectivity index (χ1) is 6.84. The summed E-state index contributed by atoms with van der Waals surface area (Å²) in [6, 6.07) is 4.05. The average molecular weight is 270 g/mol. The van der Waals surface area contributed by atoms with Crippen LogP contribution in [-0.4, -0.2) is 14.3 Å². The lowest BCUT2D eigenvalue weighted by molar-refractivity contribution is 0.934. The predicted molar refractivity (Wildman–Crippen MR) is 59.3 cm³/mol. The average Bonchev–Trinajstić information content (AvgIpc) is 2.63. The second-order valence-corrected chi connectivity index (χ2v) is 4.36. The van der Waals surface area contributed by atoms with Crippen LogP contribution < -0.4 is 0 Å². The lowest BCUT2D eigenvalue weighted by Crippen LogP contribution is -1.90. The number of pyridine rings is 1. The molecule has 72 valence electrons. The molecule has 2 aromatic heterocycles. The second kappa shape index (κ2) is 4.61. The normalized spacial score (nSPS) is 10.4. The summed E-state index contributed by atoms with van der Waals surface area (Å²) in [5.74, 6) is 0. The standard InChI is InChI=1S/C9H8BrN3S/c10-9-12-8(14-13-9)2-1-7-3-5-11-6-4-7/h3-6H,1-2H2. The fourth-order valence-corrected chi connectivity index (χ4v) is 2.23. The first-order valence-corrected chi connectivity index (χ1v) is 5.78. The van der Waals surface area contributed by atoms with Gasteiger partial charge in [0.25, 0.3) is 0 Å². The van der Waals surface area contributed by atoms with Gasteiger partial charge >= 0.3 is 0 Å². The van der Waals surface area contributed by atoms with Crippen molar-refractivity contribution in [3.63, 3.8) is 0 Å². The summed E-state index contributed by atoms with van der Waals surface area (Å²) in [5, 5.41) is 1.06. The topological polar surface area (TPSA) is 38.7 Å². The summed E-state index contributed by atoms with van der Waals surface area (Å²) in [6.07, 6.45) is 5.55. The Balaban J connectivity index is 1.95. The molecule has 3 nitrogen and oxygen atoms in total. The van der Waals surface area contributed by atoms with Crippen LogP contribution in [0.4, 0.5) is 0 Å². The van der Waals surface area contributed by atoms with Crippen molar-refractivity contribution in [1.82, 2.24) is 14.3 Å². The highest BCUT2D eigenvalue weighted by atomic mass is 79.9. The summed E-state index contributed by atoms with van der Waals surface area (Å²) in [7, 11) is 0. The van der Waals surface area contributed by atoms with Crippen molar-refractivity contribution in [2.45, 2.75) is 12.8 Å². The molecule has 2 aromatic rings. The Labute approximate surface area is 94.5 Å². The van der Waals surface area contributed by atoms with Crippen LogP contribution in [0, 0.1) is 0 Å². The highest BCUT2D eigenvalue weighted by Crippen LogP contribution is 2.12. The van der Waals surface area contributed by atoms with Crippen molar-refractivity contribution in [3.8, 4) is 0 Å². The first kappa shape index (κ1) is 9.73. The van der Waals surface area contributed by atoms with Gasteiger partial charge in [-0.1, -0.05) is 0 Å². The van der Waals surface area contributed by atoms with E-state index < -0.39 is 0 Å². The monoisotopic (exact) mass is 269 g/mol. The van der Waals surface area contributed by atoms with Crippen LogP contribution in [-0.2, 0) is 12.8 Å². The van der Waals surface area contributed by atoms with Crippen LogP contribution in [0.1, 0.15) is 10.6 Å². The molecule has 2 rings (SSSR count). The van der Waals surface area contributed by atoms with Crippen molar-refractivity contribution >= 4 is 27.5 Å². The zero-order valence-electron chi connectivity index (χ0n) is 7.35. The van der Waals surface area contributed by atoms with Gasteiger partial charge in [0.2, 0.25) is 4.73 Å². The number of aromatic nitrogens is 3. The molecular formula is C9H8BrN3S. The minimum atomic E-state index is 0.687. The molecule has 0 unspecified atom stereocenters. The van der Waals surface area contributed by atoms with Gasteiger partial charge in [-0.15, -0.1) is 0 Å². The Morgan fingerprint density at radius 3 is 2.64 bits per heavy atom. The highest BCUT2D eigenvalue weighted by Gasteiger charge is 2.01. The number of nitrogens with zero attached hydrogens (tertiary/aromatic N) is 3. The van der Waals surface area contributed by atoms with Gasteiger partial charge in [0.05, 0.1) is 0 Å². The first-order valence-electron chi connectivity index (χ1n) is 4.21. The number of halogens is 1. The van der Waals surface area contributed by atoms with E-state index in [0.29, 0.717) is 4.73 Å². The maximum Gasteiger partial charge on any atom is 0.209 e. The van der Waals surface area contributed by atoms with Crippen LogP contribution in [0.15, 0.2) is 29.3 Å². The Morgan fingerprint density at radius 2 is 2.00 bits per heavy atom. The Bertz CT molecular complexity index is 401. The molecule has 0 spiro atoms. The number of rotatable bonds is 3. The second-order valence-electron chi connectivity index (χ2n) is 2.81. The van der Waals surface area contributed by atoms with Gasteiger partial charge in [0.1, 0.15) is 5.01 Å². The molecule has 0 saturated heterocycles. The van der Waals surface area contributed by atoms with E-state index >= 15 is 0 Å². The molecule has 0 aliphatic rings. The lowest BCUT2D eigenvalue weighted by Gasteiger charge is -1.96. The van der Waals surface area contributed by atoms with E-state index in [9.17, 15) is 0 Å². The summed E-state index contributed by atoms with van der Waals surface area (Å²) < 4.78 is 4.75. The van der Waals surface area contributed by atoms with Crippen LogP contribution in [0.25, 0.3) is 0 Å². The van der Waals surface area contributed by atoms with E-state index in [-0.39, 0.29) is 0 Å². The molecule has 0 aliphatic heterocycles. The van der Waals surface area contributed by atoms with Gasteiger partial charge in [-0.3, -0.25) is 4.98 Å². The van der Waals surface area contributed by atoms with Crippen molar-refractivity contribution in [2.75, 3.05) is 0 Å². The minimum absolute atomic E-state index is 0.687. The molecule has 5 heteroatoms. The van der Waals surface area contributed by atoms with Crippen molar-refractivity contribution in [3.05, 3.63) is 39.8 Å². The summed E-state index contributed by atoms with van der Waals surface area (Å²) in [4.78, 5) is 8.21. The van der Waals surface area contributed by atoms with Gasteiger partial charge in [-0.2, -0.15) is 4.37 Å². The largest absolute Gasteiger partial charge is 0.265 e. The molecule has 0 amide bonds. The number of hydrogen-bond donors (Lipinski definition) is 0. The van der Waals surface area contributed by atoms with Gasteiger partial charge in [-0.25, -0.2) is 4.98 Å². The van der Waals surface area contributed by atoms with Crippen molar-refractivity contribution in [2.24, 2.45) is 0 Å². The van der Waals surface area contributed by atoms with E-state index in [2.05, 4.69) is 30.3 Å². The Morgan fingerprint density at radius 1 is 1.21 bits per heavy atom. The molecule has 0 radical (unpaired) electrons. The molecule has 0 aliphatic carbocycles. The van der Waals surface area contributed by atoms with E-state index in [0.717, 1.165) is 17.8 Å². The third-order valence-corrected chi connectivity index (χ3v) is 3.18. The maximum atomic E-state index is 4.23. The van der Waals surface area contributed by atoms with Crippen LogP contribution in [0.5, 0.6) is 0 Å². The van der Waals surface area contributed by atoms with Gasteiger partial charge in [0, 0.05) is 18.8 Å². The van der Waals surface area contributed by atoms with Crippen molar-refractivity contribution in [1.29, 1.82) is 0 Å². The summed E-state index contributed by atoms with van der Waals surface area (Å²) in [6.45, 7) is 0. The van der Waals surface area contributed by atoms with E-state index in [4.69, 9.17) is 0 Å². The van der Waals surface area contributed by atoms with Gasteiger partial charge in [-0.05, 0) is 51.6 Å². The molecular weight excluding hydrogens is 262 g/mol. The van der Waals surface area contributed by atoms with E-state index in [1.54, 1.807) is 0 Å². The SMILES string of the molecule is Brc1nsc(CCc2ccncc2)n1. The Hall–Kier alpha value is -0.810. The molecule has 0 fully saturated rings. The summed E-state index contributed by atoms with van der Waals surface area (Å²) >= 11 is 4.68. The molecule has 0 bridgehead atoms. The van der Waals surface area contributed by atoms with Crippen LogP contribution in [0.3, 0.4) is 0 Å². The molecule has 0 saturated carbocycles. The third kappa shape index (κ3) is 2.59. The van der Waals surface area contributed by atoms with E-state index in [1.807, 2.05) is 24.5 Å². The number of hydrogen-bond acceptors (Lipinski definition) is 4. The Kier molecular flexibility index (Phi) is 3.21. The lowest BCUT2D eigenvalue weighted by atomic mass is 10.1. The third-order valence-electron chi connectivity index (χ3n) is 1.82. The molecule has 14 heavy (non-hydrogen) atoms. The maximum absolute atomic E-state index is 4.23.